The average Bonchev–Trinajstić information content (AvgIpc) is 3.30. The van der Waals surface area contributed by atoms with Gasteiger partial charge in [-0.05, 0) is 37.9 Å². The van der Waals surface area contributed by atoms with E-state index in [4.69, 9.17) is 4.74 Å². The Morgan fingerprint density at radius 2 is 2.20 bits per heavy atom. The largest absolute Gasteiger partial charge is 0.380 e. The Morgan fingerprint density at radius 3 is 2.80 bits per heavy atom. The van der Waals surface area contributed by atoms with Crippen molar-refractivity contribution in [1.29, 1.82) is 0 Å². The fourth-order valence-corrected chi connectivity index (χ4v) is 2.12. The van der Waals surface area contributed by atoms with Crippen LogP contribution in [0.25, 0.3) is 0 Å². The minimum atomic E-state index is 0.754. The van der Waals surface area contributed by atoms with Crippen LogP contribution in [0.2, 0.25) is 0 Å². The Morgan fingerprint density at radius 1 is 1.35 bits per heavy atom. The van der Waals surface area contributed by atoms with E-state index in [1.54, 1.807) is 0 Å². The summed E-state index contributed by atoms with van der Waals surface area (Å²) < 4.78 is 5.41. The smallest absolute Gasteiger partial charge is 0.0593 e. The lowest BCUT2D eigenvalue weighted by Crippen LogP contribution is -2.27. The van der Waals surface area contributed by atoms with Crippen molar-refractivity contribution < 1.29 is 4.74 Å². The summed E-state index contributed by atoms with van der Waals surface area (Å²) in [6, 6.07) is 5.09. The van der Waals surface area contributed by atoms with Gasteiger partial charge in [-0.15, -0.1) is 0 Å². The van der Waals surface area contributed by atoms with Crippen molar-refractivity contribution >= 4 is 0 Å². The van der Waals surface area contributed by atoms with Gasteiger partial charge in [-0.25, -0.2) is 0 Å². The van der Waals surface area contributed by atoms with E-state index in [1.165, 1.54) is 18.4 Å². The van der Waals surface area contributed by atoms with E-state index >= 15 is 0 Å². The van der Waals surface area contributed by atoms with Crippen LogP contribution < -0.4 is 5.32 Å². The van der Waals surface area contributed by atoms with Crippen molar-refractivity contribution in [2.45, 2.75) is 45.8 Å². The van der Waals surface area contributed by atoms with E-state index in [0.717, 1.165) is 51.1 Å². The molecule has 1 aliphatic rings. The summed E-state index contributed by atoms with van der Waals surface area (Å²) >= 11 is 0. The fourth-order valence-electron chi connectivity index (χ4n) is 2.12. The molecular weight excluding hydrogens is 250 g/mol. The number of pyridine rings is 1. The minimum Gasteiger partial charge on any atom is -0.380 e. The summed E-state index contributed by atoms with van der Waals surface area (Å²) in [5.74, 6) is 0. The predicted molar refractivity (Wildman–Crippen MR) is 81.5 cm³/mol. The summed E-state index contributed by atoms with van der Waals surface area (Å²) in [6.07, 6.45) is 4.66. The second-order valence-electron chi connectivity index (χ2n) is 5.38. The molecule has 4 heteroatoms. The van der Waals surface area contributed by atoms with Gasteiger partial charge in [0.05, 0.1) is 12.3 Å². The molecule has 0 atom stereocenters. The molecule has 1 saturated carbocycles. The molecule has 1 heterocycles. The average molecular weight is 277 g/mol. The monoisotopic (exact) mass is 277 g/mol. The summed E-state index contributed by atoms with van der Waals surface area (Å²) in [4.78, 5) is 6.93. The Bertz CT molecular complexity index is 376. The van der Waals surface area contributed by atoms with Crippen molar-refractivity contribution in [3.8, 4) is 0 Å². The van der Waals surface area contributed by atoms with Crippen LogP contribution in [0.3, 0.4) is 0 Å². The van der Waals surface area contributed by atoms with Gasteiger partial charge in [0.1, 0.15) is 0 Å². The van der Waals surface area contributed by atoms with Crippen molar-refractivity contribution in [2.24, 2.45) is 0 Å². The minimum absolute atomic E-state index is 0.754. The van der Waals surface area contributed by atoms with Gasteiger partial charge in [0.2, 0.25) is 0 Å². The number of nitrogens with zero attached hydrogens (tertiary/aromatic N) is 2. The maximum Gasteiger partial charge on any atom is 0.0593 e. The lowest BCUT2D eigenvalue weighted by Gasteiger charge is -2.19. The molecule has 0 aromatic carbocycles. The first-order valence-electron chi connectivity index (χ1n) is 7.79. The molecule has 20 heavy (non-hydrogen) atoms. The van der Waals surface area contributed by atoms with Crippen molar-refractivity contribution in [2.75, 3.05) is 26.3 Å². The van der Waals surface area contributed by atoms with Gasteiger partial charge >= 0.3 is 0 Å². The van der Waals surface area contributed by atoms with Gasteiger partial charge < -0.3 is 10.1 Å². The maximum absolute atomic E-state index is 5.41. The lowest BCUT2D eigenvalue weighted by atomic mass is 10.2. The van der Waals surface area contributed by atoms with Gasteiger partial charge in [0, 0.05) is 38.5 Å². The number of nitrogens with one attached hydrogen (secondary N) is 1. The molecule has 112 valence electrons. The van der Waals surface area contributed by atoms with Crippen molar-refractivity contribution in [3.05, 3.63) is 29.6 Å². The SMILES string of the molecule is CCOCCN(CC)Cc1ccc(CNC2CC2)cn1. The normalized spacial score (nSPS) is 14.9. The molecule has 0 radical (unpaired) electrons. The molecule has 1 aromatic heterocycles. The number of ether oxygens (including phenoxy) is 1. The maximum atomic E-state index is 5.41. The molecule has 4 nitrogen and oxygen atoms in total. The first-order chi connectivity index (χ1) is 9.81. The highest BCUT2D eigenvalue weighted by Gasteiger charge is 2.19. The van der Waals surface area contributed by atoms with E-state index < -0.39 is 0 Å². The molecule has 2 rings (SSSR count). The number of likely N-dealkylation sites (N-methyl/N-ethyl adjacent to an activating group) is 1. The van der Waals surface area contributed by atoms with E-state index in [-0.39, 0.29) is 0 Å². The van der Waals surface area contributed by atoms with Crippen LogP contribution in [0.15, 0.2) is 18.3 Å². The summed E-state index contributed by atoms with van der Waals surface area (Å²) in [5, 5.41) is 3.51. The highest BCUT2D eigenvalue weighted by molar-refractivity contribution is 5.14. The molecule has 0 unspecified atom stereocenters. The van der Waals surface area contributed by atoms with Crippen LogP contribution in [-0.2, 0) is 17.8 Å². The van der Waals surface area contributed by atoms with Crippen molar-refractivity contribution in [1.82, 2.24) is 15.2 Å². The van der Waals surface area contributed by atoms with Gasteiger partial charge in [-0.2, -0.15) is 0 Å². The zero-order chi connectivity index (χ0) is 14.2. The summed E-state index contributed by atoms with van der Waals surface area (Å²) in [6.45, 7) is 9.65. The molecule has 1 aromatic rings. The first kappa shape index (κ1) is 15.4. The van der Waals surface area contributed by atoms with Gasteiger partial charge in [0.25, 0.3) is 0 Å². The predicted octanol–water partition coefficient (Wildman–Crippen LogP) is 2.19. The highest BCUT2D eigenvalue weighted by atomic mass is 16.5. The molecule has 0 amide bonds. The second kappa shape index (κ2) is 8.35. The molecule has 0 spiro atoms. The molecule has 1 fully saturated rings. The number of hydrogen-bond donors (Lipinski definition) is 1. The van der Waals surface area contributed by atoms with E-state index in [1.807, 2.05) is 13.1 Å². The molecule has 1 N–H and O–H groups in total. The Hall–Kier alpha value is -0.970. The first-order valence-corrected chi connectivity index (χ1v) is 7.79. The van der Waals surface area contributed by atoms with Gasteiger partial charge in [-0.1, -0.05) is 13.0 Å². The standard InChI is InChI=1S/C16H27N3O/c1-3-19(9-10-20-4-2)13-16-6-5-14(12-18-16)11-17-15-7-8-15/h5-6,12,15,17H,3-4,7-11,13H2,1-2H3. The third kappa shape index (κ3) is 5.57. The third-order valence-electron chi connectivity index (χ3n) is 3.65. The highest BCUT2D eigenvalue weighted by Crippen LogP contribution is 2.19. The van der Waals surface area contributed by atoms with Gasteiger partial charge in [-0.3, -0.25) is 9.88 Å². The van der Waals surface area contributed by atoms with Gasteiger partial charge in [0.15, 0.2) is 0 Å². The number of rotatable bonds is 10. The van der Waals surface area contributed by atoms with Crippen LogP contribution in [0, 0.1) is 0 Å². The Balaban J connectivity index is 1.75. The second-order valence-corrected chi connectivity index (χ2v) is 5.38. The van der Waals surface area contributed by atoms with Crippen molar-refractivity contribution in [3.63, 3.8) is 0 Å². The van der Waals surface area contributed by atoms with Crippen LogP contribution in [0.4, 0.5) is 0 Å². The number of hydrogen-bond acceptors (Lipinski definition) is 4. The zero-order valence-corrected chi connectivity index (χ0v) is 12.8. The fraction of sp³-hybridized carbons (Fsp3) is 0.688. The van der Waals surface area contributed by atoms with E-state index in [0.29, 0.717) is 0 Å². The lowest BCUT2D eigenvalue weighted by molar-refractivity contribution is 0.112. The molecule has 0 aliphatic heterocycles. The van der Waals surface area contributed by atoms with Crippen LogP contribution in [0.5, 0.6) is 0 Å². The molecule has 1 aliphatic carbocycles. The molecular formula is C16H27N3O. The summed E-state index contributed by atoms with van der Waals surface area (Å²) in [7, 11) is 0. The Labute approximate surface area is 122 Å². The quantitative estimate of drug-likeness (QED) is 0.665. The Kier molecular flexibility index (Phi) is 6.43. The summed E-state index contributed by atoms with van der Waals surface area (Å²) in [5.41, 5.74) is 2.41. The zero-order valence-electron chi connectivity index (χ0n) is 12.8. The van der Waals surface area contributed by atoms with E-state index in [2.05, 4.69) is 34.3 Å². The van der Waals surface area contributed by atoms with Crippen LogP contribution >= 0.6 is 0 Å². The molecule has 0 bridgehead atoms. The molecule has 0 saturated heterocycles. The van der Waals surface area contributed by atoms with Crippen LogP contribution in [0.1, 0.15) is 37.9 Å². The third-order valence-corrected chi connectivity index (χ3v) is 3.65. The number of aromatic nitrogens is 1. The van der Waals surface area contributed by atoms with Crippen LogP contribution in [-0.4, -0.2) is 42.2 Å². The topological polar surface area (TPSA) is 37.4 Å². The van der Waals surface area contributed by atoms with E-state index in [9.17, 15) is 0 Å².